The first-order valence-electron chi connectivity index (χ1n) is 10.1. The highest BCUT2D eigenvalue weighted by molar-refractivity contribution is 6.06. The molecule has 0 saturated carbocycles. The van der Waals surface area contributed by atoms with Gasteiger partial charge in [-0.3, -0.25) is 14.9 Å². The summed E-state index contributed by atoms with van der Waals surface area (Å²) in [6, 6.07) is 15.0. The van der Waals surface area contributed by atoms with Crippen molar-refractivity contribution >= 4 is 28.3 Å². The number of rotatable bonds is 7. The van der Waals surface area contributed by atoms with Crippen LogP contribution in [0.3, 0.4) is 0 Å². The number of fused-ring (bicyclic) bond motifs is 1. The fourth-order valence-electron chi connectivity index (χ4n) is 3.31. The number of carbonyl (C=O) groups is 1. The topological polar surface area (TPSA) is 121 Å². The van der Waals surface area contributed by atoms with Crippen LogP contribution < -0.4 is 14.8 Å². The lowest BCUT2D eigenvalue weighted by Crippen LogP contribution is -2.13. The molecule has 0 atom stereocenters. The molecule has 0 unspecified atom stereocenters. The fourth-order valence-corrected chi connectivity index (χ4v) is 3.31. The van der Waals surface area contributed by atoms with Gasteiger partial charge in [0.05, 0.1) is 24.3 Å². The Kier molecular flexibility index (Phi) is 5.90. The van der Waals surface area contributed by atoms with Crippen molar-refractivity contribution in [3.63, 3.8) is 0 Å². The van der Waals surface area contributed by atoms with E-state index in [9.17, 15) is 14.9 Å². The molecule has 0 aliphatic carbocycles. The van der Waals surface area contributed by atoms with E-state index in [1.54, 1.807) is 20.1 Å². The van der Waals surface area contributed by atoms with Gasteiger partial charge in [0.1, 0.15) is 16.8 Å². The average molecular weight is 447 g/mol. The van der Waals surface area contributed by atoms with Gasteiger partial charge in [-0.15, -0.1) is 10.2 Å². The first kappa shape index (κ1) is 21.8. The zero-order valence-corrected chi connectivity index (χ0v) is 18.2. The summed E-state index contributed by atoms with van der Waals surface area (Å²) in [6.07, 6.45) is 0. The maximum Gasteiger partial charge on any atom is 0.311 e. The van der Waals surface area contributed by atoms with Crippen molar-refractivity contribution in [2.24, 2.45) is 0 Å². The number of nitrogens with zero attached hydrogens (tertiary/aromatic N) is 4. The van der Waals surface area contributed by atoms with Crippen LogP contribution in [-0.2, 0) is 0 Å². The van der Waals surface area contributed by atoms with Gasteiger partial charge < -0.3 is 14.8 Å². The van der Waals surface area contributed by atoms with Gasteiger partial charge in [0.15, 0.2) is 5.75 Å². The van der Waals surface area contributed by atoms with Crippen molar-refractivity contribution in [3.05, 3.63) is 75.8 Å². The minimum Gasteiger partial charge on any atom is -0.497 e. The number of carbonyl (C=O) groups excluding carboxylic acids is 1. The van der Waals surface area contributed by atoms with Crippen LogP contribution in [0.1, 0.15) is 22.8 Å². The van der Waals surface area contributed by atoms with Crippen molar-refractivity contribution in [3.8, 4) is 17.2 Å². The molecular weight excluding hydrogens is 426 g/mol. The van der Waals surface area contributed by atoms with Crippen LogP contribution >= 0.6 is 0 Å². The number of benzene rings is 3. The van der Waals surface area contributed by atoms with Crippen molar-refractivity contribution in [1.29, 1.82) is 0 Å². The quantitative estimate of drug-likeness (QED) is 0.331. The van der Waals surface area contributed by atoms with E-state index in [1.165, 1.54) is 23.0 Å². The van der Waals surface area contributed by atoms with Crippen molar-refractivity contribution in [2.45, 2.75) is 13.8 Å². The number of nitro benzene ring substituents is 1. The number of methoxy groups -OCH3 is 1. The predicted octanol–water partition coefficient (Wildman–Crippen LogP) is 4.30. The molecule has 4 aromatic rings. The smallest absolute Gasteiger partial charge is 0.311 e. The van der Waals surface area contributed by atoms with E-state index in [2.05, 4.69) is 15.5 Å². The third-order valence-electron chi connectivity index (χ3n) is 5.00. The Balaban J connectivity index is 1.62. The molecule has 4 rings (SSSR count). The van der Waals surface area contributed by atoms with Gasteiger partial charge in [0.25, 0.3) is 5.91 Å². The van der Waals surface area contributed by atoms with Crippen molar-refractivity contribution in [1.82, 2.24) is 15.0 Å². The minimum absolute atomic E-state index is 0.117. The second-order valence-corrected chi connectivity index (χ2v) is 7.17. The van der Waals surface area contributed by atoms with Gasteiger partial charge >= 0.3 is 5.69 Å². The monoisotopic (exact) mass is 447 g/mol. The van der Waals surface area contributed by atoms with Crippen LogP contribution in [0.25, 0.3) is 16.7 Å². The molecule has 0 aliphatic heterocycles. The second-order valence-electron chi connectivity index (χ2n) is 7.17. The Morgan fingerprint density at radius 1 is 1.09 bits per heavy atom. The molecule has 1 N–H and O–H groups in total. The highest BCUT2D eigenvalue weighted by Gasteiger charge is 2.19. The number of nitro groups is 1. The van der Waals surface area contributed by atoms with E-state index in [0.29, 0.717) is 16.7 Å². The third-order valence-corrected chi connectivity index (χ3v) is 5.00. The zero-order valence-electron chi connectivity index (χ0n) is 18.2. The average Bonchev–Trinajstić information content (AvgIpc) is 3.22. The van der Waals surface area contributed by atoms with Gasteiger partial charge in [-0.1, -0.05) is 0 Å². The summed E-state index contributed by atoms with van der Waals surface area (Å²) in [5, 5.41) is 23.2. The number of hydrogen-bond acceptors (Lipinski definition) is 7. The van der Waals surface area contributed by atoms with E-state index >= 15 is 0 Å². The SMILES string of the molecule is CCOc1ccc(C(=O)Nc2cc3nn(-c4ccc(OC)cc4)nc3cc2C)cc1[N+](=O)[O-]. The summed E-state index contributed by atoms with van der Waals surface area (Å²) < 4.78 is 10.4. The lowest BCUT2D eigenvalue weighted by Gasteiger charge is -2.09. The van der Waals surface area contributed by atoms with E-state index in [4.69, 9.17) is 9.47 Å². The van der Waals surface area contributed by atoms with Crippen LogP contribution in [0, 0.1) is 17.0 Å². The molecule has 0 spiro atoms. The summed E-state index contributed by atoms with van der Waals surface area (Å²) >= 11 is 0. The van der Waals surface area contributed by atoms with E-state index in [-0.39, 0.29) is 23.6 Å². The van der Waals surface area contributed by atoms with Gasteiger partial charge in [0, 0.05) is 17.3 Å². The molecule has 1 heterocycles. The highest BCUT2D eigenvalue weighted by Crippen LogP contribution is 2.29. The zero-order chi connectivity index (χ0) is 23.5. The molecule has 0 aliphatic rings. The third kappa shape index (κ3) is 4.45. The van der Waals surface area contributed by atoms with E-state index in [1.807, 2.05) is 37.3 Å². The number of aromatic nitrogens is 3. The molecule has 3 aromatic carbocycles. The first-order valence-corrected chi connectivity index (χ1v) is 10.1. The van der Waals surface area contributed by atoms with Gasteiger partial charge in [0.2, 0.25) is 0 Å². The maximum absolute atomic E-state index is 12.8. The first-order chi connectivity index (χ1) is 15.9. The number of ether oxygens (including phenoxy) is 2. The molecule has 10 heteroatoms. The van der Waals surface area contributed by atoms with Crippen LogP contribution in [0.15, 0.2) is 54.6 Å². The normalized spacial score (nSPS) is 10.8. The summed E-state index contributed by atoms with van der Waals surface area (Å²) in [6.45, 7) is 3.85. The van der Waals surface area contributed by atoms with Gasteiger partial charge in [-0.2, -0.15) is 4.80 Å². The Labute approximate surface area is 188 Å². The molecular formula is C23H21N5O5. The Hall–Kier alpha value is -4.47. The van der Waals surface area contributed by atoms with Gasteiger partial charge in [-0.05, 0) is 67.9 Å². The summed E-state index contributed by atoms with van der Waals surface area (Å²) in [5.41, 5.74) is 3.20. The second kappa shape index (κ2) is 8.95. The fraction of sp³-hybridized carbons (Fsp3) is 0.174. The standard InChI is InChI=1S/C23H21N5O5/c1-4-33-22-10-5-15(12-21(22)28(30)31)23(29)24-18-13-20-19(11-14(18)2)25-27(26-20)16-6-8-17(32-3)9-7-16/h5-13H,4H2,1-3H3,(H,24,29). The van der Waals surface area contributed by atoms with E-state index < -0.39 is 10.8 Å². The number of amides is 1. The molecule has 1 aromatic heterocycles. The number of aryl methyl sites for hydroxylation is 1. The number of anilines is 1. The number of hydrogen-bond donors (Lipinski definition) is 1. The summed E-state index contributed by atoms with van der Waals surface area (Å²) in [5.74, 6) is 0.365. The number of nitrogens with one attached hydrogen (secondary N) is 1. The van der Waals surface area contributed by atoms with Gasteiger partial charge in [-0.25, -0.2) is 0 Å². The largest absolute Gasteiger partial charge is 0.497 e. The summed E-state index contributed by atoms with van der Waals surface area (Å²) in [4.78, 5) is 25.1. The van der Waals surface area contributed by atoms with Crippen molar-refractivity contribution < 1.29 is 19.2 Å². The Bertz CT molecular complexity index is 1350. The Morgan fingerprint density at radius 2 is 1.79 bits per heavy atom. The molecule has 1 amide bonds. The summed E-state index contributed by atoms with van der Waals surface area (Å²) in [7, 11) is 1.60. The molecule has 0 radical (unpaired) electrons. The van der Waals surface area contributed by atoms with Crippen LogP contribution in [-0.4, -0.2) is 39.5 Å². The lowest BCUT2D eigenvalue weighted by molar-refractivity contribution is -0.385. The van der Waals surface area contributed by atoms with E-state index in [0.717, 1.165) is 17.0 Å². The molecule has 0 fully saturated rings. The maximum atomic E-state index is 12.8. The predicted molar refractivity (Wildman–Crippen MR) is 122 cm³/mol. The van der Waals surface area contributed by atoms with Crippen LogP contribution in [0.5, 0.6) is 11.5 Å². The minimum atomic E-state index is -0.573. The lowest BCUT2D eigenvalue weighted by atomic mass is 10.1. The van der Waals surface area contributed by atoms with Crippen LogP contribution in [0.4, 0.5) is 11.4 Å². The molecule has 168 valence electrons. The van der Waals surface area contributed by atoms with Crippen molar-refractivity contribution in [2.75, 3.05) is 19.0 Å². The van der Waals surface area contributed by atoms with Crippen LogP contribution in [0.2, 0.25) is 0 Å². The molecule has 0 saturated heterocycles. The Morgan fingerprint density at radius 3 is 2.42 bits per heavy atom. The highest BCUT2D eigenvalue weighted by atomic mass is 16.6. The molecule has 0 bridgehead atoms. The molecule has 10 nitrogen and oxygen atoms in total. The molecule has 33 heavy (non-hydrogen) atoms.